The highest BCUT2D eigenvalue weighted by Gasteiger charge is 2.30. The zero-order chi connectivity index (χ0) is 16.5. The molecule has 0 aliphatic rings. The second kappa shape index (κ2) is 5.77. The number of benzene rings is 1. The third-order valence-electron chi connectivity index (χ3n) is 2.13. The van der Waals surface area contributed by atoms with E-state index in [0.717, 1.165) is 0 Å². The Morgan fingerprint density at radius 1 is 0.952 bits per heavy atom. The monoisotopic (exact) mass is 314 g/mol. The third kappa shape index (κ3) is 5.47. The van der Waals surface area contributed by atoms with Crippen molar-refractivity contribution in [2.24, 2.45) is 0 Å². The van der Waals surface area contributed by atoms with Gasteiger partial charge in [0.15, 0.2) is 0 Å². The van der Waals surface area contributed by atoms with E-state index in [1.54, 1.807) is 47.6 Å². The van der Waals surface area contributed by atoms with Gasteiger partial charge >= 0.3 is 5.97 Å². The van der Waals surface area contributed by atoms with Crippen LogP contribution < -0.4 is 0 Å². The molecule has 0 unspecified atom stereocenters. The summed E-state index contributed by atoms with van der Waals surface area (Å²) in [6.07, 6.45) is 0. The van der Waals surface area contributed by atoms with Gasteiger partial charge in [-0.15, -0.1) is 0 Å². The first-order valence-corrected chi connectivity index (χ1v) is 8.01. The van der Waals surface area contributed by atoms with Gasteiger partial charge in [0.2, 0.25) is 0 Å². The summed E-state index contributed by atoms with van der Waals surface area (Å²) in [4.78, 5) is 12.0. The van der Waals surface area contributed by atoms with Crippen LogP contribution in [0.2, 0.25) is 0 Å². The molecule has 0 N–H and O–H groups in total. The van der Waals surface area contributed by atoms with E-state index in [4.69, 9.17) is 8.92 Å². The van der Waals surface area contributed by atoms with Gasteiger partial charge in [0.1, 0.15) is 10.5 Å². The van der Waals surface area contributed by atoms with Crippen LogP contribution in [0.4, 0.5) is 0 Å². The Morgan fingerprint density at radius 2 is 1.48 bits per heavy atom. The summed E-state index contributed by atoms with van der Waals surface area (Å²) in [5.41, 5.74) is -1.63. The number of hydrogen-bond acceptors (Lipinski definition) is 5. The molecular weight excluding hydrogens is 292 g/mol. The second-order valence-electron chi connectivity index (χ2n) is 6.65. The first-order valence-electron chi connectivity index (χ1n) is 6.60. The van der Waals surface area contributed by atoms with Crippen LogP contribution in [0, 0.1) is 0 Å². The fourth-order valence-corrected chi connectivity index (χ4v) is 2.97. The van der Waals surface area contributed by atoms with E-state index in [1.807, 2.05) is 0 Å². The van der Waals surface area contributed by atoms with Crippen LogP contribution in [-0.2, 0) is 19.0 Å². The maximum absolute atomic E-state index is 12.3. The Bertz CT molecular complexity index is 618. The zero-order valence-corrected chi connectivity index (χ0v) is 14.1. The highest BCUT2D eigenvalue weighted by molar-refractivity contribution is 7.86. The summed E-state index contributed by atoms with van der Waals surface area (Å²) in [5, 5.41) is 0. The first kappa shape index (κ1) is 17.7. The summed E-state index contributed by atoms with van der Waals surface area (Å²) < 4.78 is 34.9. The lowest BCUT2D eigenvalue weighted by atomic mass is 10.1. The maximum atomic E-state index is 12.3. The molecule has 5 nitrogen and oxygen atoms in total. The minimum atomic E-state index is -4.05. The molecule has 0 spiro atoms. The number of rotatable bonds is 3. The van der Waals surface area contributed by atoms with Crippen molar-refractivity contribution in [3.05, 3.63) is 29.8 Å². The maximum Gasteiger partial charge on any atom is 0.340 e. The van der Waals surface area contributed by atoms with Gasteiger partial charge in [-0.1, -0.05) is 12.1 Å². The first-order chi connectivity index (χ1) is 9.32. The molecule has 0 bridgehead atoms. The van der Waals surface area contributed by atoms with Crippen LogP contribution >= 0.6 is 0 Å². The van der Waals surface area contributed by atoms with E-state index in [2.05, 4.69) is 0 Å². The lowest BCUT2D eigenvalue weighted by molar-refractivity contribution is 0.00639. The van der Waals surface area contributed by atoms with Crippen molar-refractivity contribution >= 4 is 16.1 Å². The average molecular weight is 314 g/mol. The fourth-order valence-electron chi connectivity index (χ4n) is 1.56. The van der Waals surface area contributed by atoms with E-state index in [-0.39, 0.29) is 10.5 Å². The lowest BCUT2D eigenvalue weighted by Crippen LogP contribution is -2.27. The molecule has 0 saturated carbocycles. The summed E-state index contributed by atoms with van der Waals surface area (Å²) in [6, 6.07) is 5.86. The molecular formula is C15H22O5S. The molecule has 1 rings (SSSR count). The lowest BCUT2D eigenvalue weighted by Gasteiger charge is -2.22. The molecule has 0 aliphatic carbocycles. The van der Waals surface area contributed by atoms with E-state index in [0.29, 0.717) is 0 Å². The fraction of sp³-hybridized carbons (Fsp3) is 0.533. The predicted octanol–water partition coefficient (Wildman–Crippen LogP) is 3.15. The standard InChI is InChI=1S/C15H22O5S/c1-14(2,3)19-13(16)11-9-7-8-10-12(11)21(17,18)20-15(4,5)6/h7-10H,1-6H3. The Hall–Kier alpha value is -1.40. The van der Waals surface area contributed by atoms with Crippen molar-refractivity contribution in [3.63, 3.8) is 0 Å². The molecule has 0 fully saturated rings. The van der Waals surface area contributed by atoms with Crippen LogP contribution in [0.15, 0.2) is 29.2 Å². The van der Waals surface area contributed by atoms with Gasteiger partial charge < -0.3 is 4.74 Å². The van der Waals surface area contributed by atoms with Crippen LogP contribution in [0.1, 0.15) is 51.9 Å². The van der Waals surface area contributed by atoms with E-state index < -0.39 is 27.3 Å². The summed E-state index contributed by atoms with van der Waals surface area (Å²) >= 11 is 0. The Kier molecular flexibility index (Phi) is 4.85. The molecule has 118 valence electrons. The third-order valence-corrected chi connectivity index (χ3v) is 3.75. The summed E-state index contributed by atoms with van der Waals surface area (Å²) in [7, 11) is -4.05. The van der Waals surface area contributed by atoms with Crippen molar-refractivity contribution in [1.82, 2.24) is 0 Å². The Morgan fingerprint density at radius 3 is 1.95 bits per heavy atom. The second-order valence-corrected chi connectivity index (χ2v) is 8.16. The van der Waals surface area contributed by atoms with Crippen molar-refractivity contribution in [2.75, 3.05) is 0 Å². The van der Waals surface area contributed by atoms with Gasteiger partial charge in [-0.3, -0.25) is 4.18 Å². The molecule has 0 saturated heterocycles. The van der Waals surface area contributed by atoms with Gasteiger partial charge in [-0.05, 0) is 53.7 Å². The largest absolute Gasteiger partial charge is 0.456 e. The van der Waals surface area contributed by atoms with E-state index >= 15 is 0 Å². The average Bonchev–Trinajstić information content (AvgIpc) is 2.23. The van der Waals surface area contributed by atoms with Gasteiger partial charge in [-0.2, -0.15) is 8.42 Å². The Balaban J connectivity index is 3.25. The van der Waals surface area contributed by atoms with Crippen LogP contribution in [0.25, 0.3) is 0 Å². The Labute approximate surface area is 126 Å². The van der Waals surface area contributed by atoms with Gasteiger partial charge in [0.05, 0.1) is 11.2 Å². The normalized spacial score (nSPS) is 13.0. The van der Waals surface area contributed by atoms with Gasteiger partial charge in [0.25, 0.3) is 10.1 Å². The van der Waals surface area contributed by atoms with Crippen molar-refractivity contribution < 1.29 is 22.1 Å². The molecule has 0 heterocycles. The number of carbonyl (C=O) groups is 1. The quantitative estimate of drug-likeness (QED) is 0.633. The zero-order valence-electron chi connectivity index (χ0n) is 13.3. The van der Waals surface area contributed by atoms with Crippen LogP contribution in [-0.4, -0.2) is 25.6 Å². The van der Waals surface area contributed by atoms with Crippen LogP contribution in [0.5, 0.6) is 0 Å². The highest BCUT2D eigenvalue weighted by atomic mass is 32.2. The van der Waals surface area contributed by atoms with Gasteiger partial charge in [-0.25, -0.2) is 4.79 Å². The highest BCUT2D eigenvalue weighted by Crippen LogP contribution is 2.24. The molecule has 0 aromatic heterocycles. The minimum Gasteiger partial charge on any atom is -0.456 e. The van der Waals surface area contributed by atoms with E-state index in [1.165, 1.54) is 18.2 Å². The molecule has 0 amide bonds. The molecule has 0 radical (unpaired) electrons. The minimum absolute atomic E-state index is 0.0309. The van der Waals surface area contributed by atoms with Crippen molar-refractivity contribution in [3.8, 4) is 0 Å². The predicted molar refractivity (Wildman–Crippen MR) is 79.6 cm³/mol. The molecule has 0 atom stereocenters. The summed E-state index contributed by atoms with van der Waals surface area (Å²) in [5.74, 6) is -0.695. The molecule has 21 heavy (non-hydrogen) atoms. The number of hydrogen-bond donors (Lipinski definition) is 0. The number of esters is 1. The van der Waals surface area contributed by atoms with Crippen molar-refractivity contribution in [1.29, 1.82) is 0 Å². The SMILES string of the molecule is CC(C)(C)OC(=O)c1ccccc1S(=O)(=O)OC(C)(C)C. The molecule has 6 heteroatoms. The molecule has 0 aliphatic heterocycles. The smallest absolute Gasteiger partial charge is 0.340 e. The number of ether oxygens (including phenoxy) is 1. The van der Waals surface area contributed by atoms with Crippen LogP contribution in [0.3, 0.4) is 0 Å². The molecule has 1 aromatic rings. The van der Waals surface area contributed by atoms with Gasteiger partial charge in [0, 0.05) is 0 Å². The number of carbonyl (C=O) groups excluding carboxylic acids is 1. The van der Waals surface area contributed by atoms with E-state index in [9.17, 15) is 13.2 Å². The summed E-state index contributed by atoms with van der Waals surface area (Å²) in [6.45, 7) is 10.0. The topological polar surface area (TPSA) is 69.7 Å². The molecule has 1 aromatic carbocycles. The van der Waals surface area contributed by atoms with Crippen molar-refractivity contribution in [2.45, 2.75) is 57.6 Å².